The molecule has 0 spiro atoms. The molecule has 1 aliphatic heterocycles. The molecule has 0 saturated carbocycles. The van der Waals surface area contributed by atoms with Crippen molar-refractivity contribution in [3.05, 3.63) is 24.0 Å². The molecule has 3 heteroatoms. The third kappa shape index (κ3) is 4.65. The predicted molar refractivity (Wildman–Crippen MR) is 79.6 cm³/mol. The van der Waals surface area contributed by atoms with Gasteiger partial charge < -0.3 is 10.6 Å². The zero-order valence-electron chi connectivity index (χ0n) is 12.0. The van der Waals surface area contributed by atoms with Gasteiger partial charge in [-0.25, -0.2) is 4.99 Å². The van der Waals surface area contributed by atoms with Crippen molar-refractivity contribution < 1.29 is 0 Å². The highest BCUT2D eigenvalue weighted by Gasteiger charge is 2.22. The van der Waals surface area contributed by atoms with Crippen molar-refractivity contribution in [2.24, 2.45) is 16.6 Å². The van der Waals surface area contributed by atoms with Crippen LogP contribution in [0.1, 0.15) is 40.0 Å². The third-order valence-electron chi connectivity index (χ3n) is 3.26. The van der Waals surface area contributed by atoms with Crippen LogP contribution in [-0.2, 0) is 0 Å². The van der Waals surface area contributed by atoms with E-state index in [9.17, 15) is 0 Å². The van der Waals surface area contributed by atoms with E-state index in [0.29, 0.717) is 5.92 Å². The minimum atomic E-state index is 0.632. The average molecular weight is 249 g/mol. The van der Waals surface area contributed by atoms with Gasteiger partial charge in [0.25, 0.3) is 0 Å². The fourth-order valence-electron chi connectivity index (χ4n) is 2.21. The second kappa shape index (κ2) is 8.09. The lowest BCUT2D eigenvalue weighted by molar-refractivity contribution is 0.400. The molecule has 1 atom stereocenters. The maximum absolute atomic E-state index is 5.75. The highest BCUT2D eigenvalue weighted by Crippen LogP contribution is 2.21. The normalized spacial score (nSPS) is 22.2. The van der Waals surface area contributed by atoms with Crippen molar-refractivity contribution in [2.75, 3.05) is 19.6 Å². The Morgan fingerprint density at radius 3 is 2.83 bits per heavy atom. The molecule has 0 aromatic heterocycles. The van der Waals surface area contributed by atoms with Crippen LogP contribution < -0.4 is 5.73 Å². The van der Waals surface area contributed by atoms with Gasteiger partial charge in [-0.05, 0) is 51.3 Å². The summed E-state index contributed by atoms with van der Waals surface area (Å²) in [4.78, 5) is 7.11. The number of allylic oxidation sites excluding steroid dienone is 3. The lowest BCUT2D eigenvalue weighted by Crippen LogP contribution is -2.22. The van der Waals surface area contributed by atoms with Crippen LogP contribution in [0.2, 0.25) is 0 Å². The molecule has 1 rings (SSSR count). The van der Waals surface area contributed by atoms with Gasteiger partial charge in [0, 0.05) is 18.8 Å². The van der Waals surface area contributed by atoms with Gasteiger partial charge in [0.15, 0.2) is 0 Å². The number of nitrogens with two attached hydrogens (primary N) is 1. The first-order valence-corrected chi connectivity index (χ1v) is 7.04. The molecule has 1 heterocycles. The quantitative estimate of drug-likeness (QED) is 0.735. The zero-order chi connectivity index (χ0) is 13.4. The number of nitrogens with zero attached hydrogens (tertiary/aromatic N) is 2. The highest BCUT2D eigenvalue weighted by molar-refractivity contribution is 5.93. The van der Waals surface area contributed by atoms with E-state index in [1.807, 2.05) is 13.0 Å². The monoisotopic (exact) mass is 249 g/mol. The Bertz CT molecular complexity index is 329. The molecule has 1 fully saturated rings. The molecular weight excluding hydrogens is 222 g/mol. The van der Waals surface area contributed by atoms with Crippen molar-refractivity contribution in [2.45, 2.75) is 40.0 Å². The molecule has 0 amide bonds. The summed E-state index contributed by atoms with van der Waals surface area (Å²) < 4.78 is 0. The number of hydrogen-bond donors (Lipinski definition) is 1. The van der Waals surface area contributed by atoms with Crippen molar-refractivity contribution >= 4 is 5.71 Å². The van der Waals surface area contributed by atoms with E-state index < -0.39 is 0 Å². The van der Waals surface area contributed by atoms with Crippen LogP contribution in [0.3, 0.4) is 0 Å². The van der Waals surface area contributed by atoms with Crippen molar-refractivity contribution in [1.82, 2.24) is 4.90 Å². The van der Waals surface area contributed by atoms with Crippen LogP contribution in [0.15, 0.2) is 29.0 Å². The van der Waals surface area contributed by atoms with Gasteiger partial charge in [-0.3, -0.25) is 0 Å². The second-order valence-electron chi connectivity index (χ2n) is 4.94. The fourth-order valence-corrected chi connectivity index (χ4v) is 2.21. The molecule has 1 aliphatic rings. The Hall–Kier alpha value is -1.09. The van der Waals surface area contributed by atoms with E-state index in [2.05, 4.69) is 30.9 Å². The maximum Gasteiger partial charge on any atom is 0.124 e. The van der Waals surface area contributed by atoms with Crippen LogP contribution in [0, 0.1) is 5.92 Å². The number of likely N-dealkylation sites (tertiary alicyclic amines) is 1. The van der Waals surface area contributed by atoms with Crippen LogP contribution in [0.4, 0.5) is 0 Å². The molecule has 18 heavy (non-hydrogen) atoms. The SMILES string of the molecule is C\C=C/C(C)=N\C(=C\CCC)N1CCC(CN)C1. The Balaban J connectivity index is 2.76. The minimum absolute atomic E-state index is 0.632. The summed E-state index contributed by atoms with van der Waals surface area (Å²) in [6, 6.07) is 0. The molecule has 1 unspecified atom stereocenters. The van der Waals surface area contributed by atoms with Gasteiger partial charge in [0.05, 0.1) is 0 Å². The van der Waals surface area contributed by atoms with E-state index >= 15 is 0 Å². The van der Waals surface area contributed by atoms with Crippen molar-refractivity contribution in [1.29, 1.82) is 0 Å². The van der Waals surface area contributed by atoms with Gasteiger partial charge >= 0.3 is 0 Å². The van der Waals surface area contributed by atoms with Gasteiger partial charge in [-0.2, -0.15) is 0 Å². The lowest BCUT2D eigenvalue weighted by atomic mass is 10.1. The van der Waals surface area contributed by atoms with Gasteiger partial charge in [-0.15, -0.1) is 0 Å². The van der Waals surface area contributed by atoms with Crippen LogP contribution in [-0.4, -0.2) is 30.2 Å². The Morgan fingerprint density at radius 2 is 2.28 bits per heavy atom. The van der Waals surface area contributed by atoms with Gasteiger partial charge in [0.1, 0.15) is 5.82 Å². The van der Waals surface area contributed by atoms with Gasteiger partial charge in [-0.1, -0.05) is 19.4 Å². The third-order valence-corrected chi connectivity index (χ3v) is 3.26. The van der Waals surface area contributed by atoms with E-state index in [-0.39, 0.29) is 0 Å². The van der Waals surface area contributed by atoms with Crippen molar-refractivity contribution in [3.8, 4) is 0 Å². The number of hydrogen-bond acceptors (Lipinski definition) is 3. The summed E-state index contributed by atoms with van der Waals surface area (Å²) in [7, 11) is 0. The summed E-state index contributed by atoms with van der Waals surface area (Å²) in [5.74, 6) is 1.76. The first-order valence-electron chi connectivity index (χ1n) is 7.04. The Labute approximate surface area is 111 Å². The molecule has 102 valence electrons. The van der Waals surface area contributed by atoms with E-state index in [4.69, 9.17) is 10.7 Å². The molecule has 1 saturated heterocycles. The smallest absolute Gasteiger partial charge is 0.124 e. The zero-order valence-corrected chi connectivity index (χ0v) is 12.0. The molecule has 0 aromatic rings. The first-order chi connectivity index (χ1) is 8.71. The number of unbranched alkanes of at least 4 members (excludes halogenated alkanes) is 1. The van der Waals surface area contributed by atoms with E-state index in [1.54, 1.807) is 0 Å². The Morgan fingerprint density at radius 1 is 1.50 bits per heavy atom. The summed E-state index contributed by atoms with van der Waals surface area (Å²) in [6.07, 6.45) is 9.78. The summed E-state index contributed by atoms with van der Waals surface area (Å²) in [5, 5.41) is 0. The number of aliphatic imine (C=N–C) groups is 1. The number of rotatable bonds is 6. The maximum atomic E-state index is 5.75. The van der Waals surface area contributed by atoms with Crippen LogP contribution >= 0.6 is 0 Å². The molecule has 0 radical (unpaired) electrons. The molecule has 2 N–H and O–H groups in total. The molecule has 3 nitrogen and oxygen atoms in total. The van der Waals surface area contributed by atoms with E-state index in [0.717, 1.165) is 44.0 Å². The largest absolute Gasteiger partial charge is 0.357 e. The van der Waals surface area contributed by atoms with E-state index in [1.165, 1.54) is 6.42 Å². The van der Waals surface area contributed by atoms with Crippen molar-refractivity contribution in [3.63, 3.8) is 0 Å². The molecule has 0 aliphatic carbocycles. The fraction of sp³-hybridized carbons (Fsp3) is 0.667. The molecular formula is C15H27N3. The summed E-state index contributed by atoms with van der Waals surface area (Å²) in [5.41, 5.74) is 6.82. The lowest BCUT2D eigenvalue weighted by Gasteiger charge is -2.19. The standard InChI is InChI=1S/C15H27N3/c1-4-6-8-15(17-13(3)7-5-2)18-10-9-14(11-16)12-18/h5,7-8,14H,4,6,9-12,16H2,1-3H3/b7-5-,15-8-,17-13-. The van der Waals surface area contributed by atoms with Crippen LogP contribution in [0.5, 0.6) is 0 Å². The molecule has 0 bridgehead atoms. The predicted octanol–water partition coefficient (Wildman–Crippen LogP) is 2.95. The molecule has 0 aromatic carbocycles. The van der Waals surface area contributed by atoms with Gasteiger partial charge in [0.2, 0.25) is 0 Å². The Kier molecular flexibility index (Phi) is 6.73. The second-order valence-corrected chi connectivity index (χ2v) is 4.94. The topological polar surface area (TPSA) is 41.6 Å². The summed E-state index contributed by atoms with van der Waals surface area (Å²) >= 11 is 0. The van der Waals surface area contributed by atoms with Crippen LogP contribution in [0.25, 0.3) is 0 Å². The first kappa shape index (κ1) is 15.0. The average Bonchev–Trinajstić information content (AvgIpc) is 2.83. The minimum Gasteiger partial charge on any atom is -0.357 e. The highest BCUT2D eigenvalue weighted by atomic mass is 15.2. The summed E-state index contributed by atoms with van der Waals surface area (Å²) in [6.45, 7) is 9.20.